The molecule has 3 heteroatoms. The Morgan fingerprint density at radius 2 is 1.84 bits per heavy atom. The molecule has 0 amide bonds. The lowest BCUT2D eigenvalue weighted by atomic mass is 10.0. The number of ketones is 1. The highest BCUT2D eigenvalue weighted by Crippen LogP contribution is 2.22. The predicted molar refractivity (Wildman–Crippen MR) is 77.2 cm³/mol. The molecule has 0 aliphatic carbocycles. The highest BCUT2D eigenvalue weighted by Gasteiger charge is 2.13. The Morgan fingerprint density at radius 3 is 2.47 bits per heavy atom. The van der Waals surface area contributed by atoms with E-state index >= 15 is 0 Å². The maximum Gasteiger partial charge on any atom is 0.170 e. The molecular formula is C16H15ClO2. The SMILES string of the molecule is COc1ccc(C)cc1C(=O)Cc1ccc(Cl)cc1. The second-order valence-electron chi connectivity index (χ2n) is 4.43. The third-order valence-electron chi connectivity index (χ3n) is 2.93. The van der Waals surface area contributed by atoms with Crippen LogP contribution in [0.1, 0.15) is 21.5 Å². The Morgan fingerprint density at radius 1 is 1.16 bits per heavy atom. The Balaban J connectivity index is 2.24. The van der Waals surface area contributed by atoms with Gasteiger partial charge in [0.15, 0.2) is 5.78 Å². The smallest absolute Gasteiger partial charge is 0.170 e. The van der Waals surface area contributed by atoms with Crippen LogP contribution in [-0.2, 0) is 6.42 Å². The van der Waals surface area contributed by atoms with Crippen molar-refractivity contribution in [2.75, 3.05) is 7.11 Å². The Bertz CT molecular complexity index is 588. The van der Waals surface area contributed by atoms with Crippen molar-refractivity contribution in [3.05, 3.63) is 64.2 Å². The summed E-state index contributed by atoms with van der Waals surface area (Å²) < 4.78 is 5.24. The van der Waals surface area contributed by atoms with Crippen molar-refractivity contribution in [3.8, 4) is 5.75 Å². The zero-order valence-electron chi connectivity index (χ0n) is 10.9. The van der Waals surface area contributed by atoms with Crippen LogP contribution >= 0.6 is 11.6 Å². The first-order valence-corrected chi connectivity index (χ1v) is 6.40. The van der Waals surface area contributed by atoms with Crippen LogP contribution in [0.4, 0.5) is 0 Å². The first-order valence-electron chi connectivity index (χ1n) is 6.02. The molecule has 0 saturated heterocycles. The summed E-state index contributed by atoms with van der Waals surface area (Å²) >= 11 is 5.83. The van der Waals surface area contributed by atoms with Crippen molar-refractivity contribution in [2.45, 2.75) is 13.3 Å². The van der Waals surface area contributed by atoms with Gasteiger partial charge in [0.1, 0.15) is 5.75 Å². The summed E-state index contributed by atoms with van der Waals surface area (Å²) in [6, 6.07) is 12.9. The van der Waals surface area contributed by atoms with E-state index in [1.54, 1.807) is 19.2 Å². The summed E-state index contributed by atoms with van der Waals surface area (Å²) in [6.45, 7) is 1.96. The summed E-state index contributed by atoms with van der Waals surface area (Å²) in [7, 11) is 1.57. The maximum atomic E-state index is 12.3. The number of hydrogen-bond acceptors (Lipinski definition) is 2. The fraction of sp³-hybridized carbons (Fsp3) is 0.188. The molecule has 2 aromatic carbocycles. The molecule has 2 nitrogen and oxygen atoms in total. The van der Waals surface area contributed by atoms with Crippen LogP contribution in [0.5, 0.6) is 5.75 Å². The molecule has 0 heterocycles. The fourth-order valence-electron chi connectivity index (χ4n) is 1.92. The van der Waals surface area contributed by atoms with Gasteiger partial charge >= 0.3 is 0 Å². The van der Waals surface area contributed by atoms with E-state index < -0.39 is 0 Å². The van der Waals surface area contributed by atoms with E-state index in [1.165, 1.54) is 0 Å². The molecular weight excluding hydrogens is 260 g/mol. The Labute approximate surface area is 118 Å². The molecule has 0 aromatic heterocycles. The summed E-state index contributed by atoms with van der Waals surface area (Å²) in [5, 5.41) is 0.671. The standard InChI is InChI=1S/C16H15ClO2/c1-11-3-8-16(19-2)14(9-11)15(18)10-12-4-6-13(17)7-5-12/h3-9H,10H2,1-2H3. The molecule has 98 valence electrons. The van der Waals surface area contributed by atoms with E-state index in [4.69, 9.17) is 16.3 Å². The highest BCUT2D eigenvalue weighted by molar-refractivity contribution is 6.30. The molecule has 0 atom stereocenters. The first kappa shape index (κ1) is 13.6. The van der Waals surface area contributed by atoms with Crippen molar-refractivity contribution in [3.63, 3.8) is 0 Å². The number of hydrogen-bond donors (Lipinski definition) is 0. The molecule has 0 unspecified atom stereocenters. The second-order valence-corrected chi connectivity index (χ2v) is 4.87. The minimum Gasteiger partial charge on any atom is -0.496 e. The topological polar surface area (TPSA) is 26.3 Å². The van der Waals surface area contributed by atoms with E-state index in [0.29, 0.717) is 22.8 Å². The molecule has 0 aliphatic rings. The Hall–Kier alpha value is -1.80. The monoisotopic (exact) mass is 274 g/mol. The lowest BCUT2D eigenvalue weighted by Crippen LogP contribution is -2.06. The molecule has 0 aliphatic heterocycles. The van der Waals surface area contributed by atoms with Crippen LogP contribution in [0.25, 0.3) is 0 Å². The number of Topliss-reactive ketones (excluding diaryl/α,β-unsaturated/α-hetero) is 1. The van der Waals surface area contributed by atoms with E-state index in [2.05, 4.69) is 0 Å². The first-order chi connectivity index (χ1) is 9.10. The predicted octanol–water partition coefficient (Wildman–Crippen LogP) is 4.08. The van der Waals surface area contributed by atoms with Gasteiger partial charge in [-0.05, 0) is 36.8 Å². The number of methoxy groups -OCH3 is 1. The lowest BCUT2D eigenvalue weighted by Gasteiger charge is -2.08. The van der Waals surface area contributed by atoms with Crippen molar-refractivity contribution >= 4 is 17.4 Å². The zero-order chi connectivity index (χ0) is 13.8. The number of halogens is 1. The second kappa shape index (κ2) is 5.89. The van der Waals surface area contributed by atoms with E-state index in [0.717, 1.165) is 11.1 Å². The number of carbonyl (C=O) groups excluding carboxylic acids is 1. The van der Waals surface area contributed by atoms with E-state index in [-0.39, 0.29) is 5.78 Å². The molecule has 0 spiro atoms. The average molecular weight is 275 g/mol. The van der Waals surface area contributed by atoms with Gasteiger partial charge in [-0.15, -0.1) is 0 Å². The summed E-state index contributed by atoms with van der Waals surface area (Å²) in [5.74, 6) is 0.660. The molecule has 0 bridgehead atoms. The van der Waals surface area contributed by atoms with Crippen LogP contribution in [0.15, 0.2) is 42.5 Å². The van der Waals surface area contributed by atoms with Gasteiger partial charge in [0.05, 0.1) is 12.7 Å². The summed E-state index contributed by atoms with van der Waals surface area (Å²) in [4.78, 5) is 12.3. The molecule has 19 heavy (non-hydrogen) atoms. The number of rotatable bonds is 4. The van der Waals surface area contributed by atoms with E-state index in [9.17, 15) is 4.79 Å². The van der Waals surface area contributed by atoms with Gasteiger partial charge in [0.25, 0.3) is 0 Å². The minimum absolute atomic E-state index is 0.0443. The van der Waals surface area contributed by atoms with E-state index in [1.807, 2.05) is 37.3 Å². The van der Waals surface area contributed by atoms with Gasteiger partial charge in [0, 0.05) is 11.4 Å². The van der Waals surface area contributed by atoms with Crippen LogP contribution < -0.4 is 4.74 Å². The Kier molecular flexibility index (Phi) is 4.23. The third-order valence-corrected chi connectivity index (χ3v) is 3.19. The van der Waals surface area contributed by atoms with Crippen molar-refractivity contribution in [1.29, 1.82) is 0 Å². The van der Waals surface area contributed by atoms with Crippen LogP contribution in [0.2, 0.25) is 5.02 Å². The molecule has 0 radical (unpaired) electrons. The van der Waals surface area contributed by atoms with Crippen LogP contribution in [0, 0.1) is 6.92 Å². The average Bonchev–Trinajstić information content (AvgIpc) is 2.41. The molecule has 2 aromatic rings. The number of ether oxygens (including phenoxy) is 1. The van der Waals surface area contributed by atoms with Crippen molar-refractivity contribution in [1.82, 2.24) is 0 Å². The quantitative estimate of drug-likeness (QED) is 0.785. The molecule has 0 saturated carbocycles. The lowest BCUT2D eigenvalue weighted by molar-refractivity contribution is 0.0990. The van der Waals surface area contributed by atoms with Gasteiger partial charge in [-0.2, -0.15) is 0 Å². The third kappa shape index (κ3) is 3.36. The fourth-order valence-corrected chi connectivity index (χ4v) is 2.05. The largest absolute Gasteiger partial charge is 0.496 e. The molecule has 0 N–H and O–H groups in total. The summed E-state index contributed by atoms with van der Waals surface area (Å²) in [6.07, 6.45) is 0.344. The normalized spacial score (nSPS) is 10.3. The van der Waals surface area contributed by atoms with Crippen LogP contribution in [0.3, 0.4) is 0 Å². The number of aryl methyl sites for hydroxylation is 1. The van der Waals surface area contributed by atoms with Gasteiger partial charge in [-0.3, -0.25) is 4.79 Å². The highest BCUT2D eigenvalue weighted by atomic mass is 35.5. The minimum atomic E-state index is 0.0443. The molecule has 2 rings (SSSR count). The number of benzene rings is 2. The zero-order valence-corrected chi connectivity index (χ0v) is 11.7. The molecule has 0 fully saturated rings. The van der Waals surface area contributed by atoms with Gasteiger partial charge in [-0.25, -0.2) is 0 Å². The maximum absolute atomic E-state index is 12.3. The van der Waals surface area contributed by atoms with Crippen LogP contribution in [-0.4, -0.2) is 12.9 Å². The van der Waals surface area contributed by atoms with Gasteiger partial charge < -0.3 is 4.74 Å². The van der Waals surface area contributed by atoms with Gasteiger partial charge in [0.2, 0.25) is 0 Å². The number of carbonyl (C=O) groups is 1. The van der Waals surface area contributed by atoms with Gasteiger partial charge in [-0.1, -0.05) is 35.4 Å². The summed E-state index contributed by atoms with van der Waals surface area (Å²) in [5.41, 5.74) is 2.61. The van der Waals surface area contributed by atoms with Crippen molar-refractivity contribution in [2.24, 2.45) is 0 Å². The van der Waals surface area contributed by atoms with Crippen molar-refractivity contribution < 1.29 is 9.53 Å².